The molecule has 0 atom stereocenters. The van der Waals surface area contributed by atoms with Gasteiger partial charge in [-0.05, 0) is 108 Å². The number of aryl methyl sites for hydroxylation is 1. The summed E-state index contributed by atoms with van der Waals surface area (Å²) in [5, 5.41) is 17.1. The average molecular weight is 1010 g/mol. The Morgan fingerprint density at radius 3 is 2.20 bits per heavy atom. The van der Waals surface area contributed by atoms with E-state index in [0.717, 1.165) is 82.9 Å². The van der Waals surface area contributed by atoms with Crippen molar-refractivity contribution in [2.45, 2.75) is 66.3 Å². The zero-order valence-electron chi connectivity index (χ0n) is 43.1. The lowest BCUT2D eigenvalue weighted by atomic mass is 10.1. The van der Waals surface area contributed by atoms with Crippen LogP contribution >= 0.6 is 0 Å². The van der Waals surface area contributed by atoms with Gasteiger partial charge in [-0.1, -0.05) is 25.1 Å². The van der Waals surface area contributed by atoms with Crippen LogP contribution in [0.2, 0.25) is 0 Å². The number of aromatic nitrogens is 10. The van der Waals surface area contributed by atoms with E-state index in [1.165, 1.54) is 22.6 Å². The molecule has 20 heteroatoms. The number of anilines is 5. The van der Waals surface area contributed by atoms with Gasteiger partial charge in [0.25, 0.3) is 5.56 Å². The number of piperazine rings is 2. The third kappa shape index (κ3) is 11.3. The van der Waals surface area contributed by atoms with Crippen molar-refractivity contribution in [3.05, 3.63) is 137 Å². The highest BCUT2D eigenvalue weighted by Gasteiger charge is 2.23. The summed E-state index contributed by atoms with van der Waals surface area (Å²) in [5.41, 5.74) is 3.86. The molecule has 0 saturated carbocycles. The third-order valence-corrected chi connectivity index (χ3v) is 13.4. The Morgan fingerprint density at radius 1 is 0.811 bits per heavy atom. The number of pyridine rings is 2. The highest BCUT2D eigenvalue weighted by atomic mass is 19.1. The number of benzene rings is 2. The highest BCUT2D eigenvalue weighted by Crippen LogP contribution is 2.31. The second-order valence-electron chi connectivity index (χ2n) is 19.5. The number of hydrogen-bond acceptors (Lipinski definition) is 15. The summed E-state index contributed by atoms with van der Waals surface area (Å²) in [5.74, 6) is 1.11. The molecule has 74 heavy (non-hydrogen) atoms. The predicted molar refractivity (Wildman–Crippen MR) is 287 cm³/mol. The molecule has 8 heterocycles. The molecule has 2 saturated heterocycles. The van der Waals surface area contributed by atoms with Crippen molar-refractivity contribution in [3.8, 4) is 17.1 Å². The number of halogens is 2. The lowest BCUT2D eigenvalue weighted by Crippen LogP contribution is -2.45. The number of nitrogens with one attached hydrogen (secondary N) is 2. The number of hydrogen-bond donors (Lipinski definition) is 3. The minimum absolute atomic E-state index is 0.00954. The van der Waals surface area contributed by atoms with Gasteiger partial charge in [-0.25, -0.2) is 48.0 Å². The summed E-state index contributed by atoms with van der Waals surface area (Å²) in [7, 11) is 2.15. The van der Waals surface area contributed by atoms with Gasteiger partial charge >= 0.3 is 0 Å². The van der Waals surface area contributed by atoms with E-state index in [4.69, 9.17) is 4.98 Å². The van der Waals surface area contributed by atoms with Crippen LogP contribution in [0, 0.1) is 18.6 Å². The van der Waals surface area contributed by atoms with Crippen LogP contribution in [0.25, 0.3) is 39.1 Å². The smallest absolute Gasteiger partial charge is 0.278 e. The summed E-state index contributed by atoms with van der Waals surface area (Å²) in [6, 6.07) is 20.5. The summed E-state index contributed by atoms with van der Waals surface area (Å²) in [6.45, 7) is 25.7. The van der Waals surface area contributed by atoms with Gasteiger partial charge in [-0.2, -0.15) is 4.98 Å². The zero-order valence-corrected chi connectivity index (χ0v) is 43.1. The molecule has 8 aromatic rings. The summed E-state index contributed by atoms with van der Waals surface area (Å²) in [6.07, 6.45) is 6.09. The molecule has 2 aliphatic rings. The average Bonchev–Trinajstić information content (AvgIpc) is 3.88. The largest absolute Gasteiger partial charge is 0.384 e. The van der Waals surface area contributed by atoms with E-state index in [9.17, 15) is 18.7 Å². The lowest BCUT2D eigenvalue weighted by Gasteiger charge is -2.34. The first kappa shape index (κ1) is 51.4. The Bertz CT molecular complexity index is 3310. The molecule has 3 N–H and O–H groups in total. The van der Waals surface area contributed by atoms with Gasteiger partial charge in [0.05, 0.1) is 24.0 Å². The maximum atomic E-state index is 14.9. The summed E-state index contributed by atoms with van der Waals surface area (Å²) < 4.78 is 34.8. The van der Waals surface area contributed by atoms with Gasteiger partial charge in [0, 0.05) is 94.3 Å². The molecule has 0 bridgehead atoms. The Hall–Kier alpha value is -7.52. The first-order chi connectivity index (χ1) is 35.6. The standard InChI is InChI=1S/C27H32F2N8.C27H32N8O2/c1-5-35-8-10-36(11-9-35)16-19-6-7-24(30-14-19)33-27-31-15-22(29)25(34-27)20-12-21(28)26-23(13-20)37(17(2)3)18(4)32-26;1-5-13-34-25(36)21-18-28-26(29-19-9-11-20(12-10-19)33-16-14-32(4)15-17-33)31-24(21)35(34)23-8-6-7-22(30-23)27(2,3)37/h6-7,12-15,17H,5,8-11,16H2,1-4H3,(H,30,31,33,34);5-12,18,37H,1,13-17H2,2-4H3,(H,28,29,31). The van der Waals surface area contributed by atoms with Crippen molar-refractivity contribution in [1.82, 2.24) is 63.5 Å². The third-order valence-electron chi connectivity index (χ3n) is 13.4. The van der Waals surface area contributed by atoms with Crippen LogP contribution in [0.15, 0.2) is 103 Å². The minimum atomic E-state index is -1.14. The van der Waals surface area contributed by atoms with Crippen LogP contribution < -0.4 is 21.1 Å². The van der Waals surface area contributed by atoms with Gasteiger partial charge in [0.1, 0.15) is 33.8 Å². The van der Waals surface area contributed by atoms with Crippen molar-refractivity contribution >= 4 is 51.2 Å². The molecular weight excluding hydrogens is 943 g/mol. The van der Waals surface area contributed by atoms with Crippen LogP contribution in [0.4, 0.5) is 37.9 Å². The monoisotopic (exact) mass is 1010 g/mol. The second kappa shape index (κ2) is 21.9. The molecule has 386 valence electrons. The highest BCUT2D eigenvalue weighted by molar-refractivity contribution is 5.83. The van der Waals surface area contributed by atoms with Gasteiger partial charge in [0.2, 0.25) is 11.9 Å². The van der Waals surface area contributed by atoms with Crippen molar-refractivity contribution < 1.29 is 13.9 Å². The molecular formula is C54H64F2N16O2. The molecule has 10 rings (SSSR count). The van der Waals surface area contributed by atoms with E-state index in [1.54, 1.807) is 48.9 Å². The second-order valence-corrected chi connectivity index (χ2v) is 19.5. The number of imidazole rings is 1. The van der Waals surface area contributed by atoms with Crippen molar-refractivity contribution in [2.75, 3.05) is 81.5 Å². The van der Waals surface area contributed by atoms with Crippen molar-refractivity contribution in [3.63, 3.8) is 0 Å². The SMILES string of the molecule is C=CCn1c(=O)c2cnc(Nc3ccc(N4CCN(C)CC4)cc3)nc2n1-c1cccc(C(C)(C)O)n1.CCN1CCN(Cc2ccc(Nc3ncc(F)c(-c4cc(F)c5nc(C)n(C(C)C)c5c4)n3)nc2)CC1. The van der Waals surface area contributed by atoms with Crippen LogP contribution in [-0.4, -0.2) is 135 Å². The van der Waals surface area contributed by atoms with E-state index in [0.29, 0.717) is 51.2 Å². The number of allylic oxidation sites excluding steroid dienone is 1. The minimum Gasteiger partial charge on any atom is -0.384 e. The number of fused-ring (bicyclic) bond motifs is 2. The van der Waals surface area contributed by atoms with E-state index in [-0.39, 0.29) is 35.3 Å². The fraction of sp³-hybridized carbons (Fsp3) is 0.370. The molecule has 6 aromatic heterocycles. The van der Waals surface area contributed by atoms with Gasteiger partial charge in [0.15, 0.2) is 23.1 Å². The molecule has 0 amide bonds. The Labute approximate surface area is 429 Å². The quantitative estimate of drug-likeness (QED) is 0.0898. The molecule has 18 nitrogen and oxygen atoms in total. The number of rotatable bonds is 14. The van der Waals surface area contributed by atoms with Crippen LogP contribution in [-0.2, 0) is 18.7 Å². The number of likely N-dealkylation sites (N-methyl/N-ethyl adjacent to an activating group) is 2. The van der Waals surface area contributed by atoms with Crippen LogP contribution in [0.3, 0.4) is 0 Å². The van der Waals surface area contributed by atoms with E-state index in [2.05, 4.69) is 92.8 Å². The molecule has 0 spiro atoms. The lowest BCUT2D eigenvalue weighted by molar-refractivity contribution is 0.0738. The molecule has 0 aliphatic carbocycles. The fourth-order valence-corrected chi connectivity index (χ4v) is 9.36. The van der Waals surface area contributed by atoms with Crippen molar-refractivity contribution in [2.24, 2.45) is 0 Å². The predicted octanol–water partition coefficient (Wildman–Crippen LogP) is 7.82. The van der Waals surface area contributed by atoms with Gasteiger partial charge < -0.3 is 35.0 Å². The Balaban J connectivity index is 0.000000182. The Kier molecular flexibility index (Phi) is 15.2. The molecule has 2 aliphatic heterocycles. The molecule has 2 fully saturated rings. The topological polar surface area (TPSA) is 179 Å². The first-order valence-electron chi connectivity index (χ1n) is 25.0. The molecule has 0 unspecified atom stereocenters. The number of nitrogens with zero attached hydrogens (tertiary/aromatic N) is 14. The van der Waals surface area contributed by atoms with Crippen LogP contribution in [0.1, 0.15) is 57.7 Å². The molecule has 0 radical (unpaired) electrons. The number of aliphatic hydroxyl groups is 1. The van der Waals surface area contributed by atoms with Crippen LogP contribution in [0.5, 0.6) is 0 Å². The summed E-state index contributed by atoms with van der Waals surface area (Å²) in [4.78, 5) is 53.7. The van der Waals surface area contributed by atoms with E-state index in [1.807, 2.05) is 55.8 Å². The van der Waals surface area contributed by atoms with Gasteiger partial charge in [-0.15, -0.1) is 6.58 Å². The normalized spacial score (nSPS) is 14.9. The zero-order chi connectivity index (χ0) is 52.3. The van der Waals surface area contributed by atoms with E-state index >= 15 is 0 Å². The molecule has 2 aromatic carbocycles. The van der Waals surface area contributed by atoms with E-state index < -0.39 is 17.2 Å². The fourth-order valence-electron chi connectivity index (χ4n) is 9.36. The maximum Gasteiger partial charge on any atom is 0.278 e. The summed E-state index contributed by atoms with van der Waals surface area (Å²) >= 11 is 0. The van der Waals surface area contributed by atoms with Crippen molar-refractivity contribution in [1.29, 1.82) is 0 Å². The first-order valence-corrected chi connectivity index (χ1v) is 25.0. The van der Waals surface area contributed by atoms with Gasteiger partial charge in [-0.3, -0.25) is 9.69 Å². The maximum absolute atomic E-state index is 14.9. The Morgan fingerprint density at radius 2 is 1.53 bits per heavy atom.